The van der Waals surface area contributed by atoms with E-state index in [1.54, 1.807) is 0 Å². The van der Waals surface area contributed by atoms with Crippen molar-refractivity contribution in [3.05, 3.63) is 433 Å². The molecule has 0 N–H and O–H groups in total. The number of para-hydroxylation sites is 2. The van der Waals surface area contributed by atoms with E-state index in [4.69, 9.17) is 29.4 Å². The van der Waals surface area contributed by atoms with Crippen LogP contribution in [0.25, 0.3) is 167 Å². The van der Waals surface area contributed by atoms with Gasteiger partial charge >= 0.3 is 0 Å². The summed E-state index contributed by atoms with van der Waals surface area (Å²) < 4.78 is 19.6. The number of fused-ring (bicyclic) bond motifs is 28. The number of benzene rings is 17. The van der Waals surface area contributed by atoms with Crippen molar-refractivity contribution in [2.24, 2.45) is 0 Å². The molecule has 0 saturated carbocycles. The second kappa shape index (κ2) is 24.6. The molecule has 0 fully saturated rings. The normalized spacial score (nSPS) is 13.4. The van der Waals surface area contributed by atoms with Gasteiger partial charge in [0.25, 0.3) is 0 Å². The Kier molecular flexibility index (Phi) is 13.6. The summed E-state index contributed by atoms with van der Waals surface area (Å²) in [5.41, 5.74) is 27.8. The maximum absolute atomic E-state index is 7.46. The number of nitrogens with zero attached hydrogens (tertiary/aromatic N) is 6. The number of rotatable bonds is 8. The third kappa shape index (κ3) is 9.09. The third-order valence-electron chi connectivity index (χ3n) is 25.0. The maximum Gasteiger partial charge on any atom is 0.235 e. The van der Waals surface area contributed by atoms with Gasteiger partial charge in [-0.05, 0) is 139 Å². The molecule has 25 rings (SSSR count). The number of ether oxygens (including phenoxy) is 2. The molecule has 0 radical (unpaired) electrons. The van der Waals surface area contributed by atoms with Gasteiger partial charge in [0.1, 0.15) is 23.0 Å². The van der Waals surface area contributed by atoms with Crippen molar-refractivity contribution in [3.8, 4) is 124 Å². The van der Waals surface area contributed by atoms with Crippen LogP contribution in [-0.4, -0.2) is 29.1 Å². The molecular weight excluding hydrogens is 1410 g/mol. The lowest BCUT2D eigenvalue weighted by molar-refractivity contribution is 0.437. The van der Waals surface area contributed by atoms with E-state index >= 15 is 0 Å². The van der Waals surface area contributed by atoms with Gasteiger partial charge in [-0.1, -0.05) is 315 Å². The molecule has 4 aromatic heterocycles. The second-order valence-corrected chi connectivity index (χ2v) is 31.0. The summed E-state index contributed by atoms with van der Waals surface area (Å²) in [5.74, 6) is 4.49. The van der Waals surface area contributed by atoms with Gasteiger partial charge in [-0.2, -0.15) is 0 Å². The molecule has 0 saturated heterocycles. The fourth-order valence-corrected chi connectivity index (χ4v) is 20.2. The van der Waals surface area contributed by atoms with E-state index in [2.05, 4.69) is 373 Å². The van der Waals surface area contributed by atoms with Crippen molar-refractivity contribution in [1.29, 1.82) is 0 Å². The SMILES string of the molecule is c1ccc(-c2cc(-c3cccc(-n4c5cc6c(cc5c5c(-c7cccc(-c8cc(-c9ccccc9)nc(-n9c%10cc%11c(cc%10c%10ccc%12ccccc%12c%109)Oc9ccccc9C%119c%10ccccc%10-c%10ccccc%109)n8)c7)cc7ccccc7c54)Oc4ccccc4C64c5ccccc5-c5ccccc54)c3)nc(-c3ccccc3)n2)cc1. The first-order valence-electron chi connectivity index (χ1n) is 39.6. The fraction of sp³-hybridized carbons (Fsp3) is 0.0185. The predicted molar refractivity (Wildman–Crippen MR) is 469 cm³/mol. The average molecular weight is 1480 g/mol. The second-order valence-electron chi connectivity index (χ2n) is 31.0. The van der Waals surface area contributed by atoms with Gasteiger partial charge in [0.2, 0.25) is 5.95 Å². The average Bonchev–Trinajstić information content (AvgIpc) is 1.51. The van der Waals surface area contributed by atoms with Crippen LogP contribution in [0.15, 0.2) is 388 Å². The molecule has 2 spiro atoms. The first-order chi connectivity index (χ1) is 57.5. The molecule has 538 valence electrons. The number of hydrogen-bond acceptors (Lipinski definition) is 6. The van der Waals surface area contributed by atoms with Gasteiger partial charge in [0.05, 0.1) is 55.7 Å². The Bertz CT molecular complexity index is 7640. The molecule has 8 nitrogen and oxygen atoms in total. The van der Waals surface area contributed by atoms with Crippen molar-refractivity contribution < 1.29 is 9.47 Å². The monoisotopic (exact) mass is 1480 g/mol. The van der Waals surface area contributed by atoms with E-state index in [-0.39, 0.29) is 0 Å². The molecule has 0 unspecified atom stereocenters. The Hall–Kier alpha value is -15.4. The van der Waals surface area contributed by atoms with Crippen LogP contribution in [0.3, 0.4) is 0 Å². The smallest absolute Gasteiger partial charge is 0.235 e. The van der Waals surface area contributed by atoms with Crippen LogP contribution in [0.2, 0.25) is 0 Å². The lowest BCUT2D eigenvalue weighted by atomic mass is 9.66. The first-order valence-corrected chi connectivity index (χ1v) is 39.6. The van der Waals surface area contributed by atoms with Crippen molar-refractivity contribution in [3.63, 3.8) is 0 Å². The molecule has 21 aromatic rings. The molecule has 0 bridgehead atoms. The van der Waals surface area contributed by atoms with Crippen LogP contribution in [0.1, 0.15) is 44.5 Å². The highest BCUT2D eigenvalue weighted by Crippen LogP contribution is 2.65. The molecule has 8 heteroatoms. The zero-order chi connectivity index (χ0) is 75.9. The maximum atomic E-state index is 7.46. The molecule has 2 aliphatic carbocycles. The standard InChI is InChI=1S/C108H64N6O2/c1-4-29-66(30-5-1)92-63-94(110-105(109-92)68-33-8-3-9-34-68)72-38-27-39-73(57-72)113-97-62-91-101(116-99-53-25-23-51-89(99)108(91)86-48-20-16-44-78(86)79-45-17-21-49-87(79)108)60-83(97)102-81(58-70-35-11-13-41-75(70)104(102)113)69-36-26-37-71(56-69)95-64-93(67-31-6-2-7-32-67)111-106(112-95)114-96-61-90-100(59-82(96)80-55-54-65-28-10-12-40-74(65)103(80)114)115-98-52-24-22-50-88(98)107(90)84-46-18-14-42-76(84)77-43-15-19-47-85(77)107/h1-64H. The molecular formula is C108H64N6O2. The topological polar surface area (TPSA) is 79.9 Å². The van der Waals surface area contributed by atoms with E-state index in [9.17, 15) is 0 Å². The highest BCUT2D eigenvalue weighted by atomic mass is 16.5. The number of aromatic nitrogens is 6. The fourth-order valence-electron chi connectivity index (χ4n) is 20.2. The quantitative estimate of drug-likeness (QED) is 0.151. The van der Waals surface area contributed by atoms with E-state index in [1.165, 1.54) is 44.5 Å². The van der Waals surface area contributed by atoms with Crippen molar-refractivity contribution in [1.82, 2.24) is 29.1 Å². The minimum absolute atomic E-state index is 0.547. The Morgan fingerprint density at radius 2 is 0.647 bits per heavy atom. The van der Waals surface area contributed by atoms with Gasteiger partial charge in [0, 0.05) is 88.1 Å². The molecule has 6 heterocycles. The van der Waals surface area contributed by atoms with Crippen LogP contribution in [0, 0.1) is 0 Å². The van der Waals surface area contributed by atoms with Crippen LogP contribution < -0.4 is 9.47 Å². The summed E-state index contributed by atoms with van der Waals surface area (Å²) >= 11 is 0. The Balaban J connectivity index is 0.745. The summed E-state index contributed by atoms with van der Waals surface area (Å²) in [7, 11) is 0. The van der Waals surface area contributed by atoms with Crippen molar-refractivity contribution in [2.75, 3.05) is 0 Å². The lowest BCUT2D eigenvalue weighted by Crippen LogP contribution is -2.32. The van der Waals surface area contributed by atoms with Gasteiger partial charge in [0.15, 0.2) is 5.82 Å². The van der Waals surface area contributed by atoms with Crippen molar-refractivity contribution >= 4 is 65.2 Å². The summed E-state index contributed by atoms with van der Waals surface area (Å²) in [4.78, 5) is 22.4. The zero-order valence-electron chi connectivity index (χ0n) is 62.5. The van der Waals surface area contributed by atoms with E-state index < -0.39 is 10.8 Å². The first kappa shape index (κ1) is 64.3. The van der Waals surface area contributed by atoms with Gasteiger partial charge in [-0.15, -0.1) is 0 Å². The van der Waals surface area contributed by atoms with Gasteiger partial charge in [-0.25, -0.2) is 19.9 Å². The molecule has 0 amide bonds. The molecule has 4 aliphatic rings. The van der Waals surface area contributed by atoms with E-state index in [0.717, 1.165) is 178 Å². The highest BCUT2D eigenvalue weighted by molar-refractivity contribution is 6.25. The van der Waals surface area contributed by atoms with Crippen molar-refractivity contribution in [2.45, 2.75) is 10.8 Å². The van der Waals surface area contributed by atoms with Crippen LogP contribution >= 0.6 is 0 Å². The highest BCUT2D eigenvalue weighted by Gasteiger charge is 2.53. The number of hydrogen-bond donors (Lipinski definition) is 0. The van der Waals surface area contributed by atoms with Crippen LogP contribution in [0.5, 0.6) is 23.0 Å². The summed E-state index contributed by atoms with van der Waals surface area (Å²) in [6, 6.07) is 141. The molecule has 0 atom stereocenters. The Labute approximate surface area is 667 Å². The Morgan fingerprint density at radius 1 is 0.224 bits per heavy atom. The third-order valence-corrected chi connectivity index (χ3v) is 25.0. The lowest BCUT2D eigenvalue weighted by Gasteiger charge is -2.39. The van der Waals surface area contributed by atoms with Gasteiger partial charge in [-0.3, -0.25) is 4.57 Å². The zero-order valence-corrected chi connectivity index (χ0v) is 62.5. The van der Waals surface area contributed by atoms with E-state index in [0.29, 0.717) is 11.8 Å². The summed E-state index contributed by atoms with van der Waals surface area (Å²) in [6.07, 6.45) is 0. The molecule has 116 heavy (non-hydrogen) atoms. The minimum Gasteiger partial charge on any atom is -0.457 e. The molecule has 17 aromatic carbocycles. The van der Waals surface area contributed by atoms with Gasteiger partial charge < -0.3 is 14.0 Å². The summed E-state index contributed by atoms with van der Waals surface area (Å²) in [6.45, 7) is 0. The van der Waals surface area contributed by atoms with Crippen LogP contribution in [0.4, 0.5) is 0 Å². The molecule has 2 aliphatic heterocycles. The summed E-state index contributed by atoms with van der Waals surface area (Å²) in [5, 5.41) is 8.63. The largest absolute Gasteiger partial charge is 0.457 e. The van der Waals surface area contributed by atoms with E-state index in [1.807, 2.05) is 24.3 Å². The van der Waals surface area contributed by atoms with Crippen LogP contribution in [-0.2, 0) is 10.8 Å². The minimum atomic E-state index is -0.742. The Morgan fingerprint density at radius 3 is 1.22 bits per heavy atom. The predicted octanol–water partition coefficient (Wildman–Crippen LogP) is 26.7.